The second-order valence-electron chi connectivity index (χ2n) is 8.51. The predicted octanol–water partition coefficient (Wildman–Crippen LogP) is 6.52. The first-order chi connectivity index (χ1) is 14.4. The maximum Gasteiger partial charge on any atom is 0.219 e. The summed E-state index contributed by atoms with van der Waals surface area (Å²) in [5, 5.41) is 12.0. The lowest BCUT2D eigenvalue weighted by Gasteiger charge is -2.28. The van der Waals surface area contributed by atoms with Crippen molar-refractivity contribution in [2.45, 2.75) is 33.7 Å². The molecule has 1 N–H and O–H groups in total. The molecular formula is C25H28N2O2S. The SMILES string of the molecule is CC(C)C(C(C)C)[C@H]1CSC(c2cccc(Oc3ccc4cccc(O)c4n3)c2)=N1. The Kier molecular flexibility index (Phi) is 6.00. The number of hydrogen-bond acceptors (Lipinski definition) is 5. The summed E-state index contributed by atoms with van der Waals surface area (Å²) in [6.45, 7) is 9.19. The molecule has 1 aliphatic rings. The second kappa shape index (κ2) is 8.68. The molecule has 0 bridgehead atoms. The van der Waals surface area contributed by atoms with Crippen LogP contribution in [0.4, 0.5) is 0 Å². The minimum Gasteiger partial charge on any atom is -0.506 e. The van der Waals surface area contributed by atoms with Gasteiger partial charge in [0.15, 0.2) is 0 Å². The third kappa shape index (κ3) is 4.31. The molecule has 0 aliphatic carbocycles. The van der Waals surface area contributed by atoms with E-state index in [0.29, 0.717) is 40.9 Å². The van der Waals surface area contributed by atoms with Crippen molar-refractivity contribution in [1.29, 1.82) is 0 Å². The monoisotopic (exact) mass is 420 g/mol. The fraction of sp³-hybridized carbons (Fsp3) is 0.360. The van der Waals surface area contributed by atoms with E-state index in [4.69, 9.17) is 9.73 Å². The average molecular weight is 421 g/mol. The van der Waals surface area contributed by atoms with Crippen LogP contribution in [-0.2, 0) is 0 Å². The molecule has 0 saturated heterocycles. The van der Waals surface area contributed by atoms with Gasteiger partial charge in [-0.05, 0) is 42.0 Å². The highest BCUT2D eigenvalue weighted by Gasteiger charge is 2.31. The van der Waals surface area contributed by atoms with Crippen LogP contribution in [0.15, 0.2) is 59.6 Å². The summed E-state index contributed by atoms with van der Waals surface area (Å²) in [6.07, 6.45) is 0. The Morgan fingerprint density at radius 3 is 2.53 bits per heavy atom. The van der Waals surface area contributed by atoms with E-state index in [1.54, 1.807) is 12.1 Å². The molecule has 0 unspecified atom stereocenters. The first-order valence-corrected chi connectivity index (χ1v) is 11.5. The van der Waals surface area contributed by atoms with Crippen LogP contribution in [0.5, 0.6) is 17.4 Å². The van der Waals surface area contributed by atoms with Crippen LogP contribution in [-0.4, -0.2) is 26.9 Å². The third-order valence-corrected chi connectivity index (χ3v) is 6.76. The number of aromatic nitrogens is 1. The van der Waals surface area contributed by atoms with E-state index in [9.17, 15) is 5.11 Å². The quantitative estimate of drug-likeness (QED) is 0.493. The molecule has 4 rings (SSSR count). The maximum absolute atomic E-state index is 10.1. The fourth-order valence-electron chi connectivity index (χ4n) is 4.39. The number of phenols is 1. The molecule has 1 aromatic heterocycles. The van der Waals surface area contributed by atoms with Gasteiger partial charge in [0.05, 0.1) is 11.1 Å². The summed E-state index contributed by atoms with van der Waals surface area (Å²) in [5.41, 5.74) is 1.62. The normalized spacial score (nSPS) is 16.6. The minimum absolute atomic E-state index is 0.152. The summed E-state index contributed by atoms with van der Waals surface area (Å²) >= 11 is 1.83. The molecule has 5 heteroatoms. The number of rotatable bonds is 6. The van der Waals surface area contributed by atoms with Crippen LogP contribution in [0, 0.1) is 17.8 Å². The van der Waals surface area contributed by atoms with Gasteiger partial charge in [-0.3, -0.25) is 4.99 Å². The van der Waals surface area contributed by atoms with Gasteiger partial charge in [-0.1, -0.05) is 52.0 Å². The minimum atomic E-state index is 0.152. The van der Waals surface area contributed by atoms with Crippen LogP contribution in [0.3, 0.4) is 0 Å². The van der Waals surface area contributed by atoms with E-state index in [1.807, 2.05) is 48.2 Å². The zero-order valence-corrected chi connectivity index (χ0v) is 18.7. The highest BCUT2D eigenvalue weighted by atomic mass is 32.2. The van der Waals surface area contributed by atoms with E-state index < -0.39 is 0 Å². The number of pyridine rings is 1. The maximum atomic E-state index is 10.1. The third-order valence-electron chi connectivity index (χ3n) is 5.63. The number of fused-ring (bicyclic) bond motifs is 1. The van der Waals surface area contributed by atoms with Crippen LogP contribution in [0.2, 0.25) is 0 Å². The van der Waals surface area contributed by atoms with Crippen LogP contribution >= 0.6 is 11.8 Å². The first-order valence-electron chi connectivity index (χ1n) is 10.5. The van der Waals surface area contributed by atoms with Gasteiger partial charge in [0.2, 0.25) is 5.88 Å². The Labute approximate surface area is 182 Å². The van der Waals surface area contributed by atoms with Crippen molar-refractivity contribution in [3.63, 3.8) is 0 Å². The fourth-order valence-corrected chi connectivity index (χ4v) is 5.52. The number of phenolic OH excluding ortho intramolecular Hbond substituents is 1. The zero-order chi connectivity index (χ0) is 21.3. The highest BCUT2D eigenvalue weighted by Crippen LogP contribution is 2.35. The molecule has 0 fully saturated rings. The van der Waals surface area contributed by atoms with Gasteiger partial charge in [-0.2, -0.15) is 0 Å². The number of benzene rings is 2. The molecule has 0 radical (unpaired) electrons. The smallest absolute Gasteiger partial charge is 0.219 e. The second-order valence-corrected chi connectivity index (χ2v) is 9.51. The molecule has 156 valence electrons. The van der Waals surface area contributed by atoms with Gasteiger partial charge in [-0.15, -0.1) is 11.8 Å². The Hall–Kier alpha value is -2.53. The van der Waals surface area contributed by atoms with Gasteiger partial charge >= 0.3 is 0 Å². The lowest BCUT2D eigenvalue weighted by molar-refractivity contribution is 0.253. The molecule has 2 heterocycles. The molecule has 2 aromatic carbocycles. The number of aliphatic imine (C=N–C) groups is 1. The van der Waals surface area contributed by atoms with Crippen molar-refractivity contribution in [2.75, 3.05) is 5.75 Å². The Morgan fingerprint density at radius 2 is 1.77 bits per heavy atom. The van der Waals surface area contributed by atoms with Gasteiger partial charge in [-0.25, -0.2) is 4.98 Å². The van der Waals surface area contributed by atoms with Crippen molar-refractivity contribution in [3.8, 4) is 17.4 Å². The van der Waals surface area contributed by atoms with Crippen molar-refractivity contribution >= 4 is 27.7 Å². The standard InChI is InChI=1S/C25H28N2O2S/c1-15(2)23(16(3)4)20-14-30-25(26-20)18-8-5-9-19(13-18)29-22-12-11-17-7-6-10-21(28)24(17)27-22/h5-13,15-16,20,23,28H,14H2,1-4H3/t20-/m1/s1. The lowest BCUT2D eigenvalue weighted by Crippen LogP contribution is -2.28. The van der Waals surface area contributed by atoms with Gasteiger partial charge in [0.25, 0.3) is 0 Å². The molecule has 1 aliphatic heterocycles. The molecule has 0 amide bonds. The van der Waals surface area contributed by atoms with Crippen molar-refractivity contribution in [2.24, 2.45) is 22.7 Å². The molecule has 0 saturated carbocycles. The first kappa shape index (κ1) is 20.7. The zero-order valence-electron chi connectivity index (χ0n) is 17.9. The average Bonchev–Trinajstić information content (AvgIpc) is 3.18. The molecule has 1 atom stereocenters. The highest BCUT2D eigenvalue weighted by molar-refractivity contribution is 8.14. The molecule has 30 heavy (non-hydrogen) atoms. The summed E-state index contributed by atoms with van der Waals surface area (Å²) in [5.74, 6) is 4.17. The van der Waals surface area contributed by atoms with E-state index in [1.165, 1.54) is 0 Å². The van der Waals surface area contributed by atoms with Crippen molar-refractivity contribution in [3.05, 3.63) is 60.2 Å². The van der Waals surface area contributed by atoms with Gasteiger partial charge < -0.3 is 9.84 Å². The summed E-state index contributed by atoms with van der Waals surface area (Å²) in [4.78, 5) is 9.54. The van der Waals surface area contributed by atoms with Gasteiger partial charge in [0, 0.05) is 22.8 Å². The Morgan fingerprint density at radius 1 is 1.00 bits per heavy atom. The summed E-state index contributed by atoms with van der Waals surface area (Å²) in [6, 6.07) is 17.4. The van der Waals surface area contributed by atoms with E-state index in [-0.39, 0.29) is 5.75 Å². The van der Waals surface area contributed by atoms with Crippen LogP contribution < -0.4 is 4.74 Å². The molecular weight excluding hydrogens is 392 g/mol. The lowest BCUT2D eigenvalue weighted by atomic mass is 9.80. The number of thioether (sulfide) groups is 1. The van der Waals surface area contributed by atoms with Crippen molar-refractivity contribution in [1.82, 2.24) is 4.98 Å². The number of nitrogens with zero attached hydrogens (tertiary/aromatic N) is 2. The molecule has 4 nitrogen and oxygen atoms in total. The van der Waals surface area contributed by atoms with Crippen LogP contribution in [0.25, 0.3) is 10.9 Å². The van der Waals surface area contributed by atoms with Crippen LogP contribution in [0.1, 0.15) is 33.3 Å². The number of para-hydroxylation sites is 1. The Balaban J connectivity index is 1.56. The Bertz CT molecular complexity index is 1070. The number of hydrogen-bond donors (Lipinski definition) is 1. The van der Waals surface area contributed by atoms with Gasteiger partial charge in [0.1, 0.15) is 17.0 Å². The summed E-state index contributed by atoms with van der Waals surface area (Å²) < 4.78 is 6.01. The number of aromatic hydroxyl groups is 1. The largest absolute Gasteiger partial charge is 0.506 e. The molecule has 0 spiro atoms. The van der Waals surface area contributed by atoms with E-state index in [2.05, 4.69) is 38.7 Å². The number of ether oxygens (including phenoxy) is 1. The topological polar surface area (TPSA) is 54.7 Å². The summed E-state index contributed by atoms with van der Waals surface area (Å²) in [7, 11) is 0. The van der Waals surface area contributed by atoms with Crippen molar-refractivity contribution < 1.29 is 9.84 Å². The predicted molar refractivity (Wildman–Crippen MR) is 126 cm³/mol. The van der Waals surface area contributed by atoms with E-state index >= 15 is 0 Å². The molecule has 3 aromatic rings. The van der Waals surface area contributed by atoms with E-state index in [0.717, 1.165) is 21.7 Å².